The summed E-state index contributed by atoms with van der Waals surface area (Å²) in [5.41, 5.74) is -1.55. The summed E-state index contributed by atoms with van der Waals surface area (Å²) < 4.78 is 26.2. The molecule has 0 aromatic heterocycles. The molecule has 1 aromatic carbocycles. The van der Waals surface area contributed by atoms with Crippen LogP contribution >= 0.6 is 0 Å². The van der Waals surface area contributed by atoms with Crippen LogP contribution in [0.2, 0.25) is 0 Å². The van der Waals surface area contributed by atoms with Crippen molar-refractivity contribution in [2.75, 3.05) is 39.8 Å². The van der Waals surface area contributed by atoms with E-state index in [1.165, 1.54) is 12.1 Å². The second-order valence-electron chi connectivity index (χ2n) is 5.69. The minimum atomic E-state index is -3.75. The minimum Gasteiger partial charge on any atom is -0.395 e. The van der Waals surface area contributed by atoms with E-state index in [-0.39, 0.29) is 31.1 Å². The molecule has 3 N–H and O–H groups in total. The van der Waals surface area contributed by atoms with Crippen LogP contribution in [-0.4, -0.2) is 84.5 Å². The zero-order valence-corrected chi connectivity index (χ0v) is 13.3. The third-order valence-corrected chi connectivity index (χ3v) is 5.68. The maximum atomic E-state index is 12.5. The Morgan fingerprint density at radius 2 is 2.00 bits per heavy atom. The van der Waals surface area contributed by atoms with Crippen LogP contribution in [0.15, 0.2) is 35.2 Å². The van der Waals surface area contributed by atoms with Gasteiger partial charge in [-0.2, -0.15) is 4.31 Å². The predicted molar refractivity (Wildman–Crippen MR) is 80.7 cm³/mol. The normalized spacial score (nSPS) is 26.7. The first kappa shape index (κ1) is 17.3. The topological polar surface area (TPSA) is 101 Å². The highest BCUT2D eigenvalue weighted by Gasteiger charge is 2.49. The number of hydrogen-bond donors (Lipinski definition) is 3. The van der Waals surface area contributed by atoms with Crippen molar-refractivity contribution >= 4 is 10.0 Å². The van der Waals surface area contributed by atoms with Crippen LogP contribution in [0.3, 0.4) is 0 Å². The minimum absolute atomic E-state index is 0.0747. The fourth-order valence-corrected chi connectivity index (χ4v) is 4.17. The molecule has 8 heteroatoms. The molecular weight excluding hydrogens is 308 g/mol. The van der Waals surface area contributed by atoms with Gasteiger partial charge in [-0.3, -0.25) is 0 Å². The number of nitrogens with zero attached hydrogens (tertiary/aromatic N) is 2. The van der Waals surface area contributed by atoms with E-state index in [0.717, 1.165) is 4.31 Å². The predicted octanol–water partition coefficient (Wildman–Crippen LogP) is -1.29. The molecule has 1 heterocycles. The highest BCUT2D eigenvalue weighted by molar-refractivity contribution is 7.89. The lowest BCUT2D eigenvalue weighted by Gasteiger charge is -2.30. The second kappa shape index (κ2) is 6.61. The van der Waals surface area contributed by atoms with Crippen molar-refractivity contribution in [3.8, 4) is 0 Å². The van der Waals surface area contributed by atoms with Gasteiger partial charge in [-0.25, -0.2) is 8.42 Å². The Morgan fingerprint density at radius 3 is 2.59 bits per heavy atom. The van der Waals surface area contributed by atoms with Gasteiger partial charge in [0.15, 0.2) is 0 Å². The first-order chi connectivity index (χ1) is 10.3. The summed E-state index contributed by atoms with van der Waals surface area (Å²) in [5, 5.41) is 29.6. The molecule has 0 radical (unpaired) electrons. The van der Waals surface area contributed by atoms with Crippen molar-refractivity contribution in [2.24, 2.45) is 0 Å². The molecule has 1 saturated heterocycles. The van der Waals surface area contributed by atoms with Crippen molar-refractivity contribution in [3.05, 3.63) is 30.3 Å². The molecule has 0 spiro atoms. The average molecular weight is 330 g/mol. The van der Waals surface area contributed by atoms with Gasteiger partial charge in [0.05, 0.1) is 17.6 Å². The fraction of sp³-hybridized carbons (Fsp3) is 0.571. The van der Waals surface area contributed by atoms with Gasteiger partial charge in [0, 0.05) is 26.2 Å². The Hall–Kier alpha value is -1.03. The Labute approximate surface area is 130 Å². The lowest BCUT2D eigenvalue weighted by Crippen LogP contribution is -2.51. The molecule has 0 unspecified atom stereocenters. The van der Waals surface area contributed by atoms with Gasteiger partial charge < -0.3 is 20.2 Å². The standard InChI is InChI=1S/C14H22N2O5S/c1-15(7-8-17)10-14(19)11-16(9-13(14)18)22(20,21)12-5-3-2-4-6-12/h2-6,13,17-19H,7-11H2,1H3/t13-,14+/m1/s1. The van der Waals surface area contributed by atoms with E-state index in [2.05, 4.69) is 0 Å². The van der Waals surface area contributed by atoms with Crippen molar-refractivity contribution in [2.45, 2.75) is 16.6 Å². The number of sulfonamides is 1. The van der Waals surface area contributed by atoms with E-state index >= 15 is 0 Å². The number of hydrogen-bond acceptors (Lipinski definition) is 6. The van der Waals surface area contributed by atoms with Crippen molar-refractivity contribution in [1.29, 1.82) is 0 Å². The monoisotopic (exact) mass is 330 g/mol. The van der Waals surface area contributed by atoms with Crippen LogP contribution in [0.1, 0.15) is 0 Å². The molecule has 1 fully saturated rings. The van der Waals surface area contributed by atoms with Gasteiger partial charge in [0.2, 0.25) is 10.0 Å². The highest BCUT2D eigenvalue weighted by Crippen LogP contribution is 2.28. The van der Waals surface area contributed by atoms with Gasteiger partial charge in [-0.05, 0) is 19.2 Å². The summed E-state index contributed by atoms with van der Waals surface area (Å²) in [6.07, 6.45) is -1.17. The summed E-state index contributed by atoms with van der Waals surface area (Å²) in [4.78, 5) is 1.79. The first-order valence-electron chi connectivity index (χ1n) is 7.04. The van der Waals surface area contributed by atoms with Gasteiger partial charge in [0.1, 0.15) is 5.60 Å². The molecule has 2 rings (SSSR count). The van der Waals surface area contributed by atoms with Gasteiger partial charge in [-0.1, -0.05) is 18.2 Å². The number of aliphatic hydroxyl groups excluding tert-OH is 2. The van der Waals surface area contributed by atoms with Crippen molar-refractivity contribution in [1.82, 2.24) is 9.21 Å². The molecule has 1 aliphatic heterocycles. The van der Waals surface area contributed by atoms with Crippen LogP contribution in [0.25, 0.3) is 0 Å². The molecule has 0 aliphatic carbocycles. The van der Waals surface area contributed by atoms with Gasteiger partial charge in [-0.15, -0.1) is 0 Å². The SMILES string of the molecule is CN(CCO)C[C@]1(O)CN(S(=O)(=O)c2ccccc2)C[C@H]1O. The molecule has 7 nitrogen and oxygen atoms in total. The Morgan fingerprint density at radius 1 is 1.36 bits per heavy atom. The summed E-state index contributed by atoms with van der Waals surface area (Å²) in [6, 6.07) is 7.94. The van der Waals surface area contributed by atoms with E-state index in [0.29, 0.717) is 6.54 Å². The average Bonchev–Trinajstić information content (AvgIpc) is 2.76. The van der Waals surface area contributed by atoms with Crippen LogP contribution in [-0.2, 0) is 10.0 Å². The summed E-state index contributed by atoms with van der Waals surface area (Å²) >= 11 is 0. The smallest absolute Gasteiger partial charge is 0.243 e. The highest BCUT2D eigenvalue weighted by atomic mass is 32.2. The molecule has 1 aromatic rings. The summed E-state index contributed by atoms with van der Waals surface area (Å²) in [7, 11) is -2.06. The fourth-order valence-electron chi connectivity index (χ4n) is 2.64. The zero-order chi connectivity index (χ0) is 16.4. The Kier molecular flexibility index (Phi) is 5.21. The molecule has 0 saturated carbocycles. The lowest BCUT2D eigenvalue weighted by atomic mass is 10.00. The maximum absolute atomic E-state index is 12.5. The van der Waals surface area contributed by atoms with Crippen molar-refractivity contribution in [3.63, 3.8) is 0 Å². The third kappa shape index (κ3) is 3.48. The molecule has 0 amide bonds. The largest absolute Gasteiger partial charge is 0.395 e. The van der Waals surface area contributed by atoms with Gasteiger partial charge >= 0.3 is 0 Å². The van der Waals surface area contributed by atoms with E-state index in [1.807, 2.05) is 0 Å². The van der Waals surface area contributed by atoms with E-state index in [4.69, 9.17) is 5.11 Å². The summed E-state index contributed by atoms with van der Waals surface area (Å²) in [5.74, 6) is 0. The molecule has 22 heavy (non-hydrogen) atoms. The summed E-state index contributed by atoms with van der Waals surface area (Å²) in [6.45, 7) is 0.00651. The second-order valence-corrected chi connectivity index (χ2v) is 7.63. The van der Waals surface area contributed by atoms with Crippen molar-refractivity contribution < 1.29 is 23.7 Å². The zero-order valence-electron chi connectivity index (χ0n) is 12.5. The van der Waals surface area contributed by atoms with E-state index < -0.39 is 21.7 Å². The number of β-amino-alcohol motifs (C(OH)–C–C–N with tert-alkyl or cyclic N) is 2. The molecule has 2 atom stereocenters. The molecule has 0 bridgehead atoms. The first-order valence-corrected chi connectivity index (χ1v) is 8.48. The van der Waals surface area contributed by atoms with Crippen LogP contribution in [0.4, 0.5) is 0 Å². The van der Waals surface area contributed by atoms with E-state index in [9.17, 15) is 18.6 Å². The van der Waals surface area contributed by atoms with Gasteiger partial charge in [0.25, 0.3) is 0 Å². The number of aliphatic hydroxyl groups is 3. The van der Waals surface area contributed by atoms with Crippen LogP contribution in [0.5, 0.6) is 0 Å². The Bertz CT molecular complexity index is 595. The number of benzene rings is 1. The molecule has 124 valence electrons. The number of rotatable bonds is 6. The molecule has 1 aliphatic rings. The quantitative estimate of drug-likeness (QED) is 0.600. The maximum Gasteiger partial charge on any atom is 0.243 e. The Balaban J connectivity index is 2.16. The van der Waals surface area contributed by atoms with Crippen LogP contribution in [0, 0.1) is 0 Å². The van der Waals surface area contributed by atoms with Crippen LogP contribution < -0.4 is 0 Å². The lowest BCUT2D eigenvalue weighted by molar-refractivity contribution is -0.0584. The molecular formula is C14H22N2O5S. The number of likely N-dealkylation sites (N-methyl/N-ethyl adjacent to an activating group) is 1. The third-order valence-electron chi connectivity index (χ3n) is 3.85. The van der Waals surface area contributed by atoms with E-state index in [1.54, 1.807) is 30.1 Å².